The SMILES string of the molecule is CCCN(CCC(=O)N1CCN(C=O)CC1)S(C)(=O)=O. The van der Waals surface area contributed by atoms with Gasteiger partial charge in [0.15, 0.2) is 0 Å². The van der Waals surface area contributed by atoms with E-state index in [-0.39, 0.29) is 18.9 Å². The third kappa shape index (κ3) is 5.09. The number of piperazine rings is 1. The molecule has 0 aromatic heterocycles. The fourth-order valence-electron chi connectivity index (χ4n) is 2.15. The summed E-state index contributed by atoms with van der Waals surface area (Å²) in [6.07, 6.45) is 2.86. The van der Waals surface area contributed by atoms with E-state index >= 15 is 0 Å². The summed E-state index contributed by atoms with van der Waals surface area (Å²) in [6.45, 7) is 4.68. The third-order valence-electron chi connectivity index (χ3n) is 3.33. The summed E-state index contributed by atoms with van der Waals surface area (Å²) in [5.74, 6) is -0.0553. The summed E-state index contributed by atoms with van der Waals surface area (Å²) in [6, 6.07) is 0. The van der Waals surface area contributed by atoms with Gasteiger partial charge in [0.1, 0.15) is 0 Å². The largest absolute Gasteiger partial charge is 0.342 e. The zero-order valence-electron chi connectivity index (χ0n) is 12.1. The molecule has 0 bridgehead atoms. The lowest BCUT2D eigenvalue weighted by Gasteiger charge is -2.33. The Balaban J connectivity index is 2.44. The van der Waals surface area contributed by atoms with E-state index in [2.05, 4.69) is 0 Å². The molecule has 0 saturated carbocycles. The molecule has 1 fully saturated rings. The van der Waals surface area contributed by atoms with Crippen molar-refractivity contribution in [2.75, 3.05) is 45.5 Å². The van der Waals surface area contributed by atoms with Crippen molar-refractivity contribution in [3.63, 3.8) is 0 Å². The first-order valence-electron chi connectivity index (χ1n) is 6.80. The maximum Gasteiger partial charge on any atom is 0.224 e. The Morgan fingerprint density at radius 3 is 2.25 bits per heavy atom. The topological polar surface area (TPSA) is 78.0 Å². The van der Waals surface area contributed by atoms with Crippen molar-refractivity contribution in [2.45, 2.75) is 19.8 Å². The second-order valence-corrected chi connectivity index (χ2v) is 6.92. The summed E-state index contributed by atoms with van der Waals surface area (Å²) in [4.78, 5) is 25.9. The molecule has 20 heavy (non-hydrogen) atoms. The standard InChI is InChI=1S/C12H23N3O4S/c1-3-5-15(20(2,18)19)6-4-12(17)14-9-7-13(11-16)8-10-14/h11H,3-10H2,1-2H3. The Hall–Kier alpha value is -1.15. The van der Waals surface area contributed by atoms with E-state index in [1.807, 2.05) is 6.92 Å². The normalized spacial score (nSPS) is 16.6. The highest BCUT2D eigenvalue weighted by molar-refractivity contribution is 7.88. The number of amides is 2. The predicted octanol–water partition coefficient (Wildman–Crippen LogP) is -0.651. The molecule has 1 saturated heterocycles. The summed E-state index contributed by atoms with van der Waals surface area (Å²) in [7, 11) is -3.26. The highest BCUT2D eigenvalue weighted by Gasteiger charge is 2.22. The van der Waals surface area contributed by atoms with Gasteiger partial charge >= 0.3 is 0 Å². The zero-order valence-corrected chi connectivity index (χ0v) is 12.9. The molecule has 0 atom stereocenters. The first-order valence-corrected chi connectivity index (χ1v) is 8.65. The van der Waals surface area contributed by atoms with Gasteiger partial charge in [-0.15, -0.1) is 0 Å². The van der Waals surface area contributed by atoms with Crippen molar-refractivity contribution < 1.29 is 18.0 Å². The van der Waals surface area contributed by atoms with Crippen molar-refractivity contribution in [3.8, 4) is 0 Å². The van der Waals surface area contributed by atoms with E-state index in [0.29, 0.717) is 32.7 Å². The van der Waals surface area contributed by atoms with Crippen molar-refractivity contribution in [3.05, 3.63) is 0 Å². The van der Waals surface area contributed by atoms with E-state index in [1.165, 1.54) is 4.31 Å². The second-order valence-electron chi connectivity index (χ2n) is 4.93. The van der Waals surface area contributed by atoms with Crippen LogP contribution < -0.4 is 0 Å². The Morgan fingerprint density at radius 1 is 1.20 bits per heavy atom. The van der Waals surface area contributed by atoms with Crippen LogP contribution in [0.25, 0.3) is 0 Å². The molecule has 0 aromatic carbocycles. The minimum absolute atomic E-state index is 0.0553. The van der Waals surface area contributed by atoms with Crippen LogP contribution in [0.3, 0.4) is 0 Å². The second kappa shape index (κ2) is 7.58. The van der Waals surface area contributed by atoms with Crippen LogP contribution in [0.1, 0.15) is 19.8 Å². The molecule has 1 aliphatic heterocycles. The van der Waals surface area contributed by atoms with Crippen molar-refractivity contribution in [1.29, 1.82) is 0 Å². The quantitative estimate of drug-likeness (QED) is 0.586. The monoisotopic (exact) mass is 305 g/mol. The van der Waals surface area contributed by atoms with E-state index < -0.39 is 10.0 Å². The Morgan fingerprint density at radius 2 is 1.80 bits per heavy atom. The number of hydrogen-bond acceptors (Lipinski definition) is 4. The lowest BCUT2D eigenvalue weighted by atomic mass is 10.3. The molecule has 0 spiro atoms. The zero-order chi connectivity index (χ0) is 15.2. The van der Waals surface area contributed by atoms with Gasteiger partial charge in [0, 0.05) is 45.7 Å². The molecule has 0 aliphatic carbocycles. The van der Waals surface area contributed by atoms with E-state index in [4.69, 9.17) is 0 Å². The van der Waals surface area contributed by atoms with Gasteiger partial charge in [0.05, 0.1) is 6.26 Å². The smallest absolute Gasteiger partial charge is 0.224 e. The first-order chi connectivity index (χ1) is 9.38. The van der Waals surface area contributed by atoms with Crippen molar-refractivity contribution in [2.24, 2.45) is 0 Å². The number of sulfonamides is 1. The van der Waals surface area contributed by atoms with Gasteiger partial charge in [-0.05, 0) is 6.42 Å². The van der Waals surface area contributed by atoms with Crippen LogP contribution in [-0.4, -0.2) is 80.4 Å². The average Bonchev–Trinajstić information content (AvgIpc) is 2.42. The predicted molar refractivity (Wildman–Crippen MR) is 75.5 cm³/mol. The fraction of sp³-hybridized carbons (Fsp3) is 0.833. The molecular formula is C12H23N3O4S. The summed E-state index contributed by atoms with van der Waals surface area (Å²) in [5.41, 5.74) is 0. The molecule has 0 aromatic rings. The first kappa shape index (κ1) is 16.9. The van der Waals surface area contributed by atoms with Crippen LogP contribution >= 0.6 is 0 Å². The van der Waals surface area contributed by atoms with E-state index in [9.17, 15) is 18.0 Å². The van der Waals surface area contributed by atoms with Crippen molar-refractivity contribution >= 4 is 22.3 Å². The third-order valence-corrected chi connectivity index (χ3v) is 4.64. The van der Waals surface area contributed by atoms with Gasteiger partial charge in [0.25, 0.3) is 0 Å². The van der Waals surface area contributed by atoms with Crippen LogP contribution in [0.4, 0.5) is 0 Å². The van der Waals surface area contributed by atoms with Gasteiger partial charge in [-0.3, -0.25) is 9.59 Å². The molecule has 0 unspecified atom stereocenters. The van der Waals surface area contributed by atoms with E-state index in [0.717, 1.165) is 19.1 Å². The van der Waals surface area contributed by atoms with Crippen LogP contribution in [0, 0.1) is 0 Å². The van der Waals surface area contributed by atoms with Gasteiger partial charge in [0.2, 0.25) is 22.3 Å². The van der Waals surface area contributed by atoms with Crippen LogP contribution in [0.5, 0.6) is 0 Å². The Labute approximate surface area is 120 Å². The number of carbonyl (C=O) groups is 2. The average molecular weight is 305 g/mol. The molecule has 1 aliphatic rings. The summed E-state index contributed by atoms with van der Waals surface area (Å²) < 4.78 is 24.4. The number of carbonyl (C=O) groups excluding carboxylic acids is 2. The number of nitrogens with zero attached hydrogens (tertiary/aromatic N) is 3. The van der Waals surface area contributed by atoms with Gasteiger partial charge in [-0.1, -0.05) is 6.92 Å². The highest BCUT2D eigenvalue weighted by atomic mass is 32.2. The molecule has 0 N–H and O–H groups in total. The van der Waals surface area contributed by atoms with E-state index in [1.54, 1.807) is 9.80 Å². The molecule has 0 radical (unpaired) electrons. The van der Waals surface area contributed by atoms with Crippen molar-refractivity contribution in [1.82, 2.24) is 14.1 Å². The molecule has 1 heterocycles. The van der Waals surface area contributed by atoms with Gasteiger partial charge < -0.3 is 9.80 Å². The minimum atomic E-state index is -3.26. The highest BCUT2D eigenvalue weighted by Crippen LogP contribution is 2.06. The molecule has 2 amide bonds. The van der Waals surface area contributed by atoms with Crippen LogP contribution in [0.2, 0.25) is 0 Å². The Kier molecular flexibility index (Phi) is 6.41. The Bertz CT molecular complexity index is 430. The maximum absolute atomic E-state index is 12.0. The fourth-order valence-corrected chi connectivity index (χ4v) is 3.09. The summed E-state index contributed by atoms with van der Waals surface area (Å²) in [5, 5.41) is 0. The maximum atomic E-state index is 12.0. The van der Waals surface area contributed by atoms with Gasteiger partial charge in [-0.2, -0.15) is 0 Å². The molecule has 116 valence electrons. The molecule has 8 heteroatoms. The molecule has 1 rings (SSSR count). The minimum Gasteiger partial charge on any atom is -0.342 e. The number of rotatable bonds is 7. The van der Waals surface area contributed by atoms with Crippen LogP contribution in [-0.2, 0) is 19.6 Å². The molecular weight excluding hydrogens is 282 g/mol. The van der Waals surface area contributed by atoms with Gasteiger partial charge in [-0.25, -0.2) is 12.7 Å². The lowest BCUT2D eigenvalue weighted by molar-refractivity contribution is -0.135. The summed E-state index contributed by atoms with van der Waals surface area (Å²) >= 11 is 0. The lowest BCUT2D eigenvalue weighted by Crippen LogP contribution is -2.48. The molecule has 7 nitrogen and oxygen atoms in total. The number of hydrogen-bond donors (Lipinski definition) is 0. The van der Waals surface area contributed by atoms with Crippen LogP contribution in [0.15, 0.2) is 0 Å².